The highest BCUT2D eigenvalue weighted by Gasteiger charge is 2.08. The molecule has 0 aliphatic rings. The van der Waals surface area contributed by atoms with Crippen LogP contribution in [0, 0.1) is 0 Å². The number of furan rings is 1. The zero-order valence-electron chi connectivity index (χ0n) is 13.5. The lowest BCUT2D eigenvalue weighted by Gasteiger charge is -2.15. The predicted molar refractivity (Wildman–Crippen MR) is 89.5 cm³/mol. The van der Waals surface area contributed by atoms with Crippen LogP contribution in [0.1, 0.15) is 24.4 Å². The van der Waals surface area contributed by atoms with Gasteiger partial charge in [-0.3, -0.25) is 0 Å². The Morgan fingerprint density at radius 1 is 1.26 bits per heavy atom. The molecule has 6 nitrogen and oxygen atoms in total. The smallest absolute Gasteiger partial charge is 0.191 e. The number of methoxy groups -OCH3 is 1. The molecule has 1 aromatic heterocycles. The van der Waals surface area contributed by atoms with Crippen LogP contribution in [0.25, 0.3) is 0 Å². The molecule has 2 aromatic rings. The molecule has 1 atom stereocenters. The van der Waals surface area contributed by atoms with Crippen molar-refractivity contribution < 1.29 is 14.3 Å². The Balaban J connectivity index is 1.90. The summed E-state index contributed by atoms with van der Waals surface area (Å²) in [7, 11) is 1.62. The molecule has 0 radical (unpaired) electrons. The van der Waals surface area contributed by atoms with Gasteiger partial charge in [0.15, 0.2) is 5.96 Å². The lowest BCUT2D eigenvalue weighted by atomic mass is 10.1. The van der Waals surface area contributed by atoms with Gasteiger partial charge in [0.2, 0.25) is 0 Å². The van der Waals surface area contributed by atoms with Crippen LogP contribution in [0.5, 0.6) is 5.75 Å². The summed E-state index contributed by atoms with van der Waals surface area (Å²) in [6.45, 7) is 3.53. The first kappa shape index (κ1) is 16.9. The molecular formula is C17H23N3O3. The first-order chi connectivity index (χ1) is 11.2. The second-order valence-corrected chi connectivity index (χ2v) is 4.94. The monoisotopic (exact) mass is 317 g/mol. The van der Waals surface area contributed by atoms with Crippen molar-refractivity contribution in [3.05, 3.63) is 54.0 Å². The van der Waals surface area contributed by atoms with Gasteiger partial charge in [-0.15, -0.1) is 0 Å². The van der Waals surface area contributed by atoms with E-state index in [9.17, 15) is 5.11 Å². The van der Waals surface area contributed by atoms with Crippen molar-refractivity contribution in [3.63, 3.8) is 0 Å². The van der Waals surface area contributed by atoms with Gasteiger partial charge in [0.05, 0.1) is 19.5 Å². The molecular weight excluding hydrogens is 294 g/mol. The van der Waals surface area contributed by atoms with Crippen LogP contribution in [0.2, 0.25) is 0 Å². The van der Waals surface area contributed by atoms with E-state index in [1.54, 1.807) is 13.4 Å². The maximum absolute atomic E-state index is 10.2. The first-order valence-electron chi connectivity index (χ1n) is 7.59. The standard InChI is InChI=1S/C17H23N3O3/c1-3-18-17(19-11-15-5-4-10-23-15)20-12-16(21)13-6-8-14(22-2)9-7-13/h4-10,16,21H,3,11-12H2,1-2H3,(H2,18,19,20). The minimum atomic E-state index is -0.631. The zero-order valence-corrected chi connectivity index (χ0v) is 13.5. The summed E-state index contributed by atoms with van der Waals surface area (Å²) in [6.07, 6.45) is 0.993. The van der Waals surface area contributed by atoms with E-state index in [2.05, 4.69) is 15.6 Å². The third kappa shape index (κ3) is 5.34. The van der Waals surface area contributed by atoms with Gasteiger partial charge in [0, 0.05) is 13.1 Å². The number of ether oxygens (including phenoxy) is 1. The van der Waals surface area contributed by atoms with Crippen molar-refractivity contribution in [1.82, 2.24) is 10.6 Å². The van der Waals surface area contributed by atoms with Crippen LogP contribution >= 0.6 is 0 Å². The molecule has 0 spiro atoms. The molecule has 1 heterocycles. The number of hydrogen-bond donors (Lipinski definition) is 3. The van der Waals surface area contributed by atoms with Crippen LogP contribution in [-0.4, -0.2) is 31.3 Å². The molecule has 0 fully saturated rings. The fourth-order valence-electron chi connectivity index (χ4n) is 2.04. The van der Waals surface area contributed by atoms with Crippen molar-refractivity contribution in [2.24, 2.45) is 4.99 Å². The third-order valence-electron chi connectivity index (χ3n) is 3.28. The molecule has 1 aromatic carbocycles. The highest BCUT2D eigenvalue weighted by Crippen LogP contribution is 2.16. The molecule has 23 heavy (non-hydrogen) atoms. The molecule has 124 valence electrons. The van der Waals surface area contributed by atoms with E-state index >= 15 is 0 Å². The van der Waals surface area contributed by atoms with Gasteiger partial charge in [-0.05, 0) is 36.8 Å². The van der Waals surface area contributed by atoms with E-state index in [-0.39, 0.29) is 0 Å². The number of hydrogen-bond acceptors (Lipinski definition) is 4. The highest BCUT2D eigenvalue weighted by molar-refractivity contribution is 5.79. The van der Waals surface area contributed by atoms with E-state index in [4.69, 9.17) is 9.15 Å². The molecule has 2 rings (SSSR count). The average molecular weight is 317 g/mol. The Morgan fingerprint density at radius 3 is 2.65 bits per heavy atom. The summed E-state index contributed by atoms with van der Waals surface area (Å²) in [5, 5.41) is 16.5. The van der Waals surface area contributed by atoms with Crippen LogP contribution < -0.4 is 15.4 Å². The van der Waals surface area contributed by atoms with Gasteiger partial charge in [0.1, 0.15) is 18.1 Å². The van der Waals surface area contributed by atoms with Crippen molar-refractivity contribution in [2.45, 2.75) is 19.6 Å². The van der Waals surface area contributed by atoms with Crippen molar-refractivity contribution in [1.29, 1.82) is 0 Å². The second kappa shape index (κ2) is 8.85. The molecule has 0 bridgehead atoms. The third-order valence-corrected chi connectivity index (χ3v) is 3.28. The predicted octanol–water partition coefficient (Wildman–Crippen LogP) is 2.08. The molecule has 0 aliphatic carbocycles. The minimum absolute atomic E-state index is 0.357. The first-order valence-corrected chi connectivity index (χ1v) is 7.59. The molecule has 1 unspecified atom stereocenters. The fourth-order valence-corrected chi connectivity index (χ4v) is 2.04. The Kier molecular flexibility index (Phi) is 6.50. The number of benzene rings is 1. The summed E-state index contributed by atoms with van der Waals surface area (Å²) >= 11 is 0. The largest absolute Gasteiger partial charge is 0.497 e. The van der Waals surface area contributed by atoms with Gasteiger partial charge in [-0.1, -0.05) is 12.1 Å². The summed E-state index contributed by atoms with van der Waals surface area (Å²) in [5.74, 6) is 2.19. The molecule has 6 heteroatoms. The number of aliphatic hydroxyl groups excluding tert-OH is 1. The van der Waals surface area contributed by atoms with E-state index in [1.807, 2.05) is 43.3 Å². The topological polar surface area (TPSA) is 79.0 Å². The lowest BCUT2D eigenvalue weighted by molar-refractivity contribution is 0.180. The van der Waals surface area contributed by atoms with E-state index in [1.165, 1.54) is 0 Å². The van der Waals surface area contributed by atoms with Crippen molar-refractivity contribution in [2.75, 3.05) is 20.2 Å². The number of aliphatic imine (C=N–C) groups is 1. The maximum atomic E-state index is 10.2. The van der Waals surface area contributed by atoms with Crippen LogP contribution in [0.15, 0.2) is 52.1 Å². The number of nitrogens with zero attached hydrogens (tertiary/aromatic N) is 1. The van der Waals surface area contributed by atoms with Crippen molar-refractivity contribution >= 4 is 5.96 Å². The van der Waals surface area contributed by atoms with Crippen molar-refractivity contribution in [3.8, 4) is 5.75 Å². The quantitative estimate of drug-likeness (QED) is 0.538. The van der Waals surface area contributed by atoms with E-state index in [0.29, 0.717) is 19.0 Å². The molecule has 3 N–H and O–H groups in total. The normalized spacial score (nSPS) is 12.7. The Hall–Kier alpha value is -2.47. The Bertz CT molecular complexity index is 594. The molecule has 0 saturated carbocycles. The zero-order chi connectivity index (χ0) is 16.5. The van der Waals surface area contributed by atoms with Crippen LogP contribution in [0.4, 0.5) is 0 Å². The second-order valence-electron chi connectivity index (χ2n) is 4.94. The average Bonchev–Trinajstić information content (AvgIpc) is 3.10. The van der Waals surface area contributed by atoms with E-state index < -0.39 is 6.10 Å². The maximum Gasteiger partial charge on any atom is 0.191 e. The van der Waals surface area contributed by atoms with Gasteiger partial charge in [-0.25, -0.2) is 4.99 Å². The SMILES string of the molecule is CCNC(=NCc1ccco1)NCC(O)c1ccc(OC)cc1. The Morgan fingerprint density at radius 2 is 2.04 bits per heavy atom. The number of rotatable bonds is 7. The number of nitrogens with one attached hydrogen (secondary N) is 2. The Labute approximate surface area is 136 Å². The van der Waals surface area contributed by atoms with Gasteiger partial charge in [-0.2, -0.15) is 0 Å². The summed E-state index contributed by atoms with van der Waals surface area (Å²) < 4.78 is 10.4. The van der Waals surface area contributed by atoms with Crippen LogP contribution in [0.3, 0.4) is 0 Å². The fraction of sp³-hybridized carbons (Fsp3) is 0.353. The van der Waals surface area contributed by atoms with Gasteiger partial charge >= 0.3 is 0 Å². The molecule has 0 aliphatic heterocycles. The van der Waals surface area contributed by atoms with E-state index in [0.717, 1.165) is 23.6 Å². The van der Waals surface area contributed by atoms with Crippen LogP contribution in [-0.2, 0) is 6.54 Å². The van der Waals surface area contributed by atoms with Gasteiger partial charge < -0.3 is 24.9 Å². The highest BCUT2D eigenvalue weighted by atomic mass is 16.5. The molecule has 0 amide bonds. The number of aliphatic hydroxyl groups is 1. The summed E-state index contributed by atoms with van der Waals surface area (Å²) in [5.41, 5.74) is 0.820. The minimum Gasteiger partial charge on any atom is -0.497 e. The summed E-state index contributed by atoms with van der Waals surface area (Å²) in [4.78, 5) is 4.42. The number of guanidine groups is 1. The summed E-state index contributed by atoms with van der Waals surface area (Å²) in [6, 6.07) is 11.1. The van der Waals surface area contributed by atoms with Gasteiger partial charge in [0.25, 0.3) is 0 Å². The molecule has 0 saturated heterocycles. The lowest BCUT2D eigenvalue weighted by Crippen LogP contribution is -2.39.